The molecule has 1 atom stereocenters. The second-order valence-corrected chi connectivity index (χ2v) is 5.82. The lowest BCUT2D eigenvalue weighted by Gasteiger charge is -2.07. The van der Waals surface area contributed by atoms with E-state index in [1.807, 2.05) is 12.1 Å². The molecule has 2 aromatic rings. The topological polar surface area (TPSA) is 9.23 Å². The van der Waals surface area contributed by atoms with Gasteiger partial charge >= 0.3 is 0 Å². The molecule has 1 unspecified atom stereocenters. The van der Waals surface area contributed by atoms with Gasteiger partial charge in [0.2, 0.25) is 0 Å². The van der Waals surface area contributed by atoms with Crippen LogP contribution in [0, 0.1) is 5.92 Å². The van der Waals surface area contributed by atoms with Crippen molar-refractivity contribution in [3.05, 3.63) is 77.9 Å². The van der Waals surface area contributed by atoms with Gasteiger partial charge in [0.25, 0.3) is 0 Å². The van der Waals surface area contributed by atoms with Crippen LogP contribution in [0.3, 0.4) is 0 Å². The molecule has 116 valence electrons. The van der Waals surface area contributed by atoms with Crippen molar-refractivity contribution in [1.82, 2.24) is 0 Å². The monoisotopic (exact) mass is 294 g/mol. The van der Waals surface area contributed by atoms with E-state index in [4.69, 9.17) is 4.74 Å². The average molecular weight is 294 g/mol. The number of methoxy groups -OCH3 is 1. The minimum Gasteiger partial charge on any atom is -0.497 e. The standard InChI is InChI=1S/C21H26O/c1-18(8-6-7-11-19-9-4-3-5-10-19)12-13-20-14-16-21(22-2)17-15-20/h3-6,8-10,14-18H,7,11-13H2,1-2H3/b8-6-. The number of hydrogen-bond acceptors (Lipinski definition) is 1. The summed E-state index contributed by atoms with van der Waals surface area (Å²) in [6.07, 6.45) is 9.24. The third-order valence-corrected chi connectivity index (χ3v) is 3.95. The van der Waals surface area contributed by atoms with Gasteiger partial charge in [0.05, 0.1) is 7.11 Å². The number of ether oxygens (including phenoxy) is 1. The fourth-order valence-corrected chi connectivity index (χ4v) is 2.51. The molecule has 0 heterocycles. The second kappa shape index (κ2) is 9.09. The molecular formula is C21H26O. The summed E-state index contributed by atoms with van der Waals surface area (Å²) in [7, 11) is 1.71. The smallest absolute Gasteiger partial charge is 0.118 e. The van der Waals surface area contributed by atoms with Gasteiger partial charge in [-0.2, -0.15) is 0 Å². The van der Waals surface area contributed by atoms with Crippen LogP contribution < -0.4 is 4.74 Å². The molecule has 0 saturated heterocycles. The molecule has 0 aromatic heterocycles. The van der Waals surface area contributed by atoms with Gasteiger partial charge in [0.1, 0.15) is 5.75 Å². The van der Waals surface area contributed by atoms with E-state index in [-0.39, 0.29) is 0 Å². The Morgan fingerprint density at radius 2 is 1.59 bits per heavy atom. The highest BCUT2D eigenvalue weighted by atomic mass is 16.5. The van der Waals surface area contributed by atoms with Gasteiger partial charge in [-0.05, 0) is 54.9 Å². The molecule has 2 rings (SSSR count). The molecule has 0 fully saturated rings. The van der Waals surface area contributed by atoms with Gasteiger partial charge in [-0.1, -0.05) is 61.5 Å². The zero-order chi connectivity index (χ0) is 15.6. The van der Waals surface area contributed by atoms with Crippen molar-refractivity contribution in [3.63, 3.8) is 0 Å². The number of hydrogen-bond donors (Lipinski definition) is 0. The van der Waals surface area contributed by atoms with Crippen LogP contribution in [0.4, 0.5) is 0 Å². The van der Waals surface area contributed by atoms with Gasteiger partial charge in [-0.15, -0.1) is 0 Å². The maximum atomic E-state index is 5.19. The van der Waals surface area contributed by atoms with E-state index in [0.29, 0.717) is 5.92 Å². The summed E-state index contributed by atoms with van der Waals surface area (Å²) in [6.45, 7) is 2.29. The predicted octanol–water partition coefficient (Wildman–Crippen LogP) is 5.45. The Morgan fingerprint density at radius 3 is 2.27 bits per heavy atom. The summed E-state index contributed by atoms with van der Waals surface area (Å²) < 4.78 is 5.19. The van der Waals surface area contributed by atoms with E-state index in [9.17, 15) is 0 Å². The Bertz CT molecular complexity index is 554. The van der Waals surface area contributed by atoms with Gasteiger partial charge in [0, 0.05) is 0 Å². The second-order valence-electron chi connectivity index (χ2n) is 5.82. The molecule has 0 aliphatic rings. The number of aryl methyl sites for hydroxylation is 2. The van der Waals surface area contributed by atoms with Crippen LogP contribution in [-0.2, 0) is 12.8 Å². The van der Waals surface area contributed by atoms with Crippen molar-refractivity contribution < 1.29 is 4.74 Å². The van der Waals surface area contributed by atoms with Gasteiger partial charge in [0.15, 0.2) is 0 Å². The van der Waals surface area contributed by atoms with Gasteiger partial charge in [-0.25, -0.2) is 0 Å². The number of rotatable bonds is 8. The Kier molecular flexibility index (Phi) is 6.76. The van der Waals surface area contributed by atoms with E-state index in [2.05, 4.69) is 61.5 Å². The predicted molar refractivity (Wildman–Crippen MR) is 94.4 cm³/mol. The van der Waals surface area contributed by atoms with Crippen molar-refractivity contribution in [2.24, 2.45) is 5.92 Å². The number of allylic oxidation sites excluding steroid dienone is 2. The van der Waals surface area contributed by atoms with Crippen molar-refractivity contribution in [2.45, 2.75) is 32.6 Å². The third-order valence-electron chi connectivity index (χ3n) is 3.95. The normalized spacial score (nSPS) is 12.5. The molecule has 0 N–H and O–H groups in total. The molecule has 0 saturated carbocycles. The summed E-state index contributed by atoms with van der Waals surface area (Å²) in [6, 6.07) is 19.1. The summed E-state index contributed by atoms with van der Waals surface area (Å²) in [5, 5.41) is 0. The molecule has 0 radical (unpaired) electrons. The zero-order valence-corrected chi connectivity index (χ0v) is 13.7. The molecule has 0 amide bonds. The molecule has 0 spiro atoms. The van der Waals surface area contributed by atoms with Crippen molar-refractivity contribution in [3.8, 4) is 5.75 Å². The van der Waals surface area contributed by atoms with E-state index in [1.165, 1.54) is 17.5 Å². The molecule has 1 nitrogen and oxygen atoms in total. The van der Waals surface area contributed by atoms with Crippen molar-refractivity contribution in [1.29, 1.82) is 0 Å². The zero-order valence-electron chi connectivity index (χ0n) is 13.7. The van der Waals surface area contributed by atoms with Gasteiger partial charge < -0.3 is 4.74 Å². The maximum absolute atomic E-state index is 5.19. The van der Waals surface area contributed by atoms with E-state index < -0.39 is 0 Å². The first-order valence-corrected chi connectivity index (χ1v) is 8.11. The highest BCUT2D eigenvalue weighted by Crippen LogP contribution is 2.15. The maximum Gasteiger partial charge on any atom is 0.118 e. The molecule has 0 aliphatic heterocycles. The Hall–Kier alpha value is -2.02. The van der Waals surface area contributed by atoms with E-state index in [1.54, 1.807) is 7.11 Å². The van der Waals surface area contributed by atoms with Crippen LogP contribution in [0.5, 0.6) is 5.75 Å². The van der Waals surface area contributed by atoms with Crippen molar-refractivity contribution in [2.75, 3.05) is 7.11 Å². The molecular weight excluding hydrogens is 268 g/mol. The minimum atomic E-state index is 0.623. The van der Waals surface area contributed by atoms with Crippen LogP contribution in [0.25, 0.3) is 0 Å². The highest BCUT2D eigenvalue weighted by Gasteiger charge is 2.00. The fourth-order valence-electron chi connectivity index (χ4n) is 2.51. The summed E-state index contributed by atoms with van der Waals surface area (Å²) in [4.78, 5) is 0. The quantitative estimate of drug-likeness (QED) is 0.588. The molecule has 22 heavy (non-hydrogen) atoms. The molecule has 0 bridgehead atoms. The van der Waals surface area contributed by atoms with Crippen LogP contribution in [0.2, 0.25) is 0 Å². The van der Waals surface area contributed by atoms with E-state index in [0.717, 1.165) is 25.0 Å². The summed E-state index contributed by atoms with van der Waals surface area (Å²) >= 11 is 0. The minimum absolute atomic E-state index is 0.623. The highest BCUT2D eigenvalue weighted by molar-refractivity contribution is 5.27. The lowest BCUT2D eigenvalue weighted by molar-refractivity contribution is 0.414. The van der Waals surface area contributed by atoms with Crippen LogP contribution in [-0.4, -0.2) is 7.11 Å². The molecule has 2 aromatic carbocycles. The Morgan fingerprint density at radius 1 is 0.909 bits per heavy atom. The number of benzene rings is 2. The average Bonchev–Trinajstić information content (AvgIpc) is 2.58. The first-order chi connectivity index (χ1) is 10.8. The molecule has 1 heteroatoms. The lowest BCUT2D eigenvalue weighted by atomic mass is 10.00. The SMILES string of the molecule is COc1ccc(CCC(C)/C=C\CCc2ccccc2)cc1. The van der Waals surface area contributed by atoms with E-state index >= 15 is 0 Å². The molecule has 0 aliphatic carbocycles. The van der Waals surface area contributed by atoms with Crippen LogP contribution in [0.1, 0.15) is 30.9 Å². The lowest BCUT2D eigenvalue weighted by Crippen LogP contribution is -1.94. The van der Waals surface area contributed by atoms with Gasteiger partial charge in [-0.3, -0.25) is 0 Å². The largest absolute Gasteiger partial charge is 0.497 e. The first kappa shape index (κ1) is 16.4. The third kappa shape index (κ3) is 5.77. The Labute approximate surface area is 134 Å². The summed E-state index contributed by atoms with van der Waals surface area (Å²) in [5.74, 6) is 1.55. The summed E-state index contributed by atoms with van der Waals surface area (Å²) in [5.41, 5.74) is 2.79. The van der Waals surface area contributed by atoms with Crippen LogP contribution in [0.15, 0.2) is 66.7 Å². The fraction of sp³-hybridized carbons (Fsp3) is 0.333. The van der Waals surface area contributed by atoms with Crippen LogP contribution >= 0.6 is 0 Å². The first-order valence-electron chi connectivity index (χ1n) is 8.11. The Balaban J connectivity index is 1.68. The van der Waals surface area contributed by atoms with Crippen molar-refractivity contribution >= 4 is 0 Å².